The van der Waals surface area contributed by atoms with Gasteiger partial charge < -0.3 is 4.74 Å². The summed E-state index contributed by atoms with van der Waals surface area (Å²) in [5.41, 5.74) is -0.316. The number of ether oxygens (including phenoxy) is 1. The maximum atomic E-state index is 9.51. The zero-order valence-corrected chi connectivity index (χ0v) is 13.9. The van der Waals surface area contributed by atoms with Gasteiger partial charge in [-0.25, -0.2) is 0 Å². The van der Waals surface area contributed by atoms with Crippen LogP contribution in [0.1, 0.15) is 78.1 Å². The van der Waals surface area contributed by atoms with Gasteiger partial charge in [-0.15, -0.1) is 0 Å². The zero-order valence-electron chi connectivity index (χ0n) is 13.9. The summed E-state index contributed by atoms with van der Waals surface area (Å²) in [6, 6.07) is 3.12. The Bertz CT molecular complexity index is 348. The summed E-state index contributed by atoms with van der Waals surface area (Å²) in [5.74, 6) is 0.870. The Morgan fingerprint density at radius 2 is 2.05 bits per heavy atom. The van der Waals surface area contributed by atoms with Gasteiger partial charge in [0.2, 0.25) is 0 Å². The molecule has 0 aromatic rings. The molecule has 0 spiro atoms. The highest BCUT2D eigenvalue weighted by Crippen LogP contribution is 2.29. The molecule has 0 amide bonds. The van der Waals surface area contributed by atoms with E-state index < -0.39 is 0 Å². The molecule has 0 aromatic heterocycles. The molecule has 3 unspecified atom stereocenters. The second-order valence-corrected chi connectivity index (χ2v) is 7.00. The number of nitrogens with zero attached hydrogens (tertiary/aromatic N) is 1. The Kier molecular flexibility index (Phi) is 6.51. The third-order valence-electron chi connectivity index (χ3n) is 5.29. The van der Waals surface area contributed by atoms with Crippen molar-refractivity contribution < 1.29 is 4.74 Å². The molecule has 0 saturated heterocycles. The molecule has 0 heterocycles. The van der Waals surface area contributed by atoms with Crippen molar-refractivity contribution in [1.29, 1.82) is 5.26 Å². The number of rotatable bonds is 9. The lowest BCUT2D eigenvalue weighted by Gasteiger charge is -2.30. The summed E-state index contributed by atoms with van der Waals surface area (Å²) in [4.78, 5) is 0. The van der Waals surface area contributed by atoms with Crippen molar-refractivity contribution in [2.45, 2.75) is 95.7 Å². The molecule has 120 valence electrons. The van der Waals surface area contributed by atoms with Crippen LogP contribution in [-0.4, -0.2) is 24.3 Å². The van der Waals surface area contributed by atoms with Crippen LogP contribution in [0.2, 0.25) is 0 Å². The van der Waals surface area contributed by atoms with Gasteiger partial charge in [0.05, 0.1) is 12.2 Å². The van der Waals surface area contributed by atoms with E-state index in [-0.39, 0.29) is 5.54 Å². The van der Waals surface area contributed by atoms with E-state index in [1.807, 2.05) is 0 Å². The minimum Gasteiger partial charge on any atom is -0.378 e. The smallest absolute Gasteiger partial charge is 0.106 e. The molecular weight excluding hydrogens is 260 g/mol. The maximum absolute atomic E-state index is 9.51. The Morgan fingerprint density at radius 3 is 2.67 bits per heavy atom. The van der Waals surface area contributed by atoms with Crippen molar-refractivity contribution in [2.75, 3.05) is 6.61 Å². The first-order chi connectivity index (χ1) is 10.2. The molecule has 3 atom stereocenters. The molecule has 3 heteroatoms. The second kappa shape index (κ2) is 8.15. The van der Waals surface area contributed by atoms with Crippen LogP contribution in [0.4, 0.5) is 0 Å². The van der Waals surface area contributed by atoms with Gasteiger partial charge in [0.25, 0.3) is 0 Å². The highest BCUT2D eigenvalue weighted by Gasteiger charge is 2.34. The molecule has 21 heavy (non-hydrogen) atoms. The van der Waals surface area contributed by atoms with E-state index in [9.17, 15) is 5.26 Å². The van der Waals surface area contributed by atoms with Gasteiger partial charge in [0.15, 0.2) is 0 Å². The van der Waals surface area contributed by atoms with Crippen LogP contribution < -0.4 is 5.32 Å². The first-order valence-corrected chi connectivity index (χ1v) is 9.02. The highest BCUT2D eigenvalue weighted by atomic mass is 16.5. The molecule has 0 aliphatic heterocycles. The molecule has 3 nitrogen and oxygen atoms in total. The minimum atomic E-state index is -0.316. The first kappa shape index (κ1) is 16.8. The molecular formula is C18H32N2O. The minimum absolute atomic E-state index is 0.316. The fraction of sp³-hybridized carbons (Fsp3) is 0.944. The third-order valence-corrected chi connectivity index (χ3v) is 5.29. The average molecular weight is 292 g/mol. The SMILES string of the molecule is CCC1CCCC(OCCCC(C#N)(CC)NC2CC2)C1. The van der Waals surface area contributed by atoms with Gasteiger partial charge >= 0.3 is 0 Å². The lowest BCUT2D eigenvalue weighted by Crippen LogP contribution is -2.45. The van der Waals surface area contributed by atoms with E-state index >= 15 is 0 Å². The van der Waals surface area contributed by atoms with Crippen LogP contribution in [0.5, 0.6) is 0 Å². The monoisotopic (exact) mass is 292 g/mol. The average Bonchev–Trinajstić information content (AvgIpc) is 3.34. The molecule has 0 radical (unpaired) electrons. The molecule has 1 N–H and O–H groups in total. The van der Waals surface area contributed by atoms with Crippen LogP contribution in [-0.2, 0) is 4.74 Å². The summed E-state index contributed by atoms with van der Waals surface area (Å²) in [6.45, 7) is 5.22. The Balaban J connectivity index is 1.66. The zero-order chi connectivity index (χ0) is 15.1. The molecule has 2 aliphatic rings. The molecule has 2 fully saturated rings. The van der Waals surface area contributed by atoms with E-state index in [1.165, 1.54) is 44.9 Å². The number of hydrogen-bond donors (Lipinski definition) is 1. The molecule has 2 saturated carbocycles. The quantitative estimate of drug-likeness (QED) is 0.648. The predicted octanol–water partition coefficient (Wildman–Crippen LogP) is 4.18. The summed E-state index contributed by atoms with van der Waals surface area (Å²) >= 11 is 0. The lowest BCUT2D eigenvalue weighted by atomic mass is 9.85. The van der Waals surface area contributed by atoms with Crippen molar-refractivity contribution in [1.82, 2.24) is 5.32 Å². The van der Waals surface area contributed by atoms with Crippen molar-refractivity contribution in [3.8, 4) is 6.07 Å². The number of nitrogens with one attached hydrogen (secondary N) is 1. The van der Waals surface area contributed by atoms with Gasteiger partial charge in [-0.05, 0) is 50.9 Å². The largest absolute Gasteiger partial charge is 0.378 e. The molecule has 2 aliphatic carbocycles. The van der Waals surface area contributed by atoms with Crippen molar-refractivity contribution in [3.63, 3.8) is 0 Å². The molecule has 0 aromatic carbocycles. The van der Waals surface area contributed by atoms with E-state index in [1.54, 1.807) is 0 Å². The Morgan fingerprint density at radius 1 is 1.24 bits per heavy atom. The van der Waals surface area contributed by atoms with Crippen LogP contribution in [0.15, 0.2) is 0 Å². The summed E-state index contributed by atoms with van der Waals surface area (Å²) in [7, 11) is 0. The highest BCUT2D eigenvalue weighted by molar-refractivity contribution is 5.09. The van der Waals surface area contributed by atoms with Crippen molar-refractivity contribution in [2.24, 2.45) is 5.92 Å². The Labute approximate surface area is 130 Å². The van der Waals surface area contributed by atoms with Crippen molar-refractivity contribution >= 4 is 0 Å². The molecule has 0 bridgehead atoms. The first-order valence-electron chi connectivity index (χ1n) is 9.02. The topological polar surface area (TPSA) is 45.0 Å². The summed E-state index contributed by atoms with van der Waals surface area (Å²) < 4.78 is 6.08. The van der Waals surface area contributed by atoms with Gasteiger partial charge in [-0.2, -0.15) is 5.26 Å². The second-order valence-electron chi connectivity index (χ2n) is 7.00. The maximum Gasteiger partial charge on any atom is 0.106 e. The number of nitriles is 1. The molecule has 2 rings (SSSR count). The fourth-order valence-electron chi connectivity index (χ4n) is 3.52. The van der Waals surface area contributed by atoms with E-state index in [4.69, 9.17) is 4.74 Å². The fourth-order valence-corrected chi connectivity index (χ4v) is 3.52. The number of hydrogen-bond acceptors (Lipinski definition) is 3. The van der Waals surface area contributed by atoms with E-state index in [2.05, 4.69) is 25.2 Å². The summed E-state index contributed by atoms with van der Waals surface area (Å²) in [6.07, 6.45) is 12.2. The van der Waals surface area contributed by atoms with Gasteiger partial charge in [-0.3, -0.25) is 5.32 Å². The predicted molar refractivity (Wildman–Crippen MR) is 86.0 cm³/mol. The van der Waals surface area contributed by atoms with E-state index in [0.717, 1.165) is 31.8 Å². The normalized spacial score (nSPS) is 28.8. The lowest BCUT2D eigenvalue weighted by molar-refractivity contribution is 0.00910. The standard InChI is InChI=1S/C18H32N2O/c1-3-15-7-5-8-17(13-15)21-12-6-11-18(4-2,14-19)20-16-9-10-16/h15-17,20H,3-13H2,1-2H3. The van der Waals surface area contributed by atoms with E-state index in [0.29, 0.717) is 12.1 Å². The van der Waals surface area contributed by atoms with Gasteiger partial charge in [-0.1, -0.05) is 33.1 Å². The van der Waals surface area contributed by atoms with Crippen LogP contribution in [0.3, 0.4) is 0 Å². The van der Waals surface area contributed by atoms with Gasteiger partial charge in [0, 0.05) is 12.6 Å². The Hall–Kier alpha value is -0.590. The van der Waals surface area contributed by atoms with Crippen LogP contribution in [0, 0.1) is 17.2 Å². The summed E-state index contributed by atoms with van der Waals surface area (Å²) in [5, 5.41) is 13.1. The van der Waals surface area contributed by atoms with Crippen LogP contribution >= 0.6 is 0 Å². The van der Waals surface area contributed by atoms with Crippen molar-refractivity contribution in [3.05, 3.63) is 0 Å². The third kappa shape index (κ3) is 5.27. The van der Waals surface area contributed by atoms with Crippen LogP contribution in [0.25, 0.3) is 0 Å². The van der Waals surface area contributed by atoms with Gasteiger partial charge in [0.1, 0.15) is 5.54 Å².